The highest BCUT2D eigenvalue weighted by Gasteiger charge is 2.31. The van der Waals surface area contributed by atoms with Crippen molar-refractivity contribution in [1.29, 1.82) is 0 Å². The van der Waals surface area contributed by atoms with Gasteiger partial charge in [0.25, 0.3) is 5.56 Å². The molecule has 0 aliphatic carbocycles. The summed E-state index contributed by atoms with van der Waals surface area (Å²) in [6.07, 6.45) is -4.62. The number of likely N-dealkylation sites (N-methyl/N-ethyl adjacent to an activating group) is 1. The van der Waals surface area contributed by atoms with Crippen molar-refractivity contribution in [3.8, 4) is 16.9 Å². The molecule has 1 atom stereocenters. The number of aromatic nitrogens is 1. The van der Waals surface area contributed by atoms with Crippen molar-refractivity contribution in [1.82, 2.24) is 15.2 Å². The lowest BCUT2D eigenvalue weighted by molar-refractivity contribution is -0.137. The van der Waals surface area contributed by atoms with E-state index in [2.05, 4.69) is 15.2 Å². The smallest absolute Gasteiger partial charge is 0.416 e. The maximum absolute atomic E-state index is 13.5. The van der Waals surface area contributed by atoms with E-state index in [0.29, 0.717) is 13.1 Å². The van der Waals surface area contributed by atoms with Crippen molar-refractivity contribution in [2.24, 2.45) is 0 Å². The second kappa shape index (κ2) is 11.6. The summed E-state index contributed by atoms with van der Waals surface area (Å²) in [5.41, 5.74) is -1.18. The first-order chi connectivity index (χ1) is 17.0. The topological polar surface area (TPSA) is 85.4 Å². The van der Waals surface area contributed by atoms with Crippen LogP contribution < -0.4 is 10.9 Å². The van der Waals surface area contributed by atoms with Gasteiger partial charge in [0.05, 0.1) is 15.7 Å². The molecule has 36 heavy (non-hydrogen) atoms. The highest BCUT2D eigenvalue weighted by atomic mass is 35.5. The third-order valence-electron chi connectivity index (χ3n) is 5.81. The van der Waals surface area contributed by atoms with Crippen LogP contribution in [0.3, 0.4) is 0 Å². The molecule has 0 saturated heterocycles. The van der Waals surface area contributed by atoms with Crippen LogP contribution in [-0.4, -0.2) is 52.3 Å². The number of nitrogens with one attached hydrogen (secondary N) is 2. The van der Waals surface area contributed by atoms with E-state index in [1.54, 1.807) is 6.92 Å². The molecule has 2 aromatic carbocycles. The molecule has 3 rings (SSSR count). The zero-order chi connectivity index (χ0) is 26.6. The number of hydrogen-bond acceptors (Lipinski definition) is 5. The number of fused-ring (bicyclic) bond motifs is 1. The first kappa shape index (κ1) is 27.9. The molecule has 0 fully saturated rings. The third kappa shape index (κ3) is 6.35. The first-order valence-electron chi connectivity index (χ1n) is 11.4. The van der Waals surface area contributed by atoms with E-state index in [4.69, 9.17) is 11.6 Å². The molecule has 0 saturated carbocycles. The number of carbonyl (C=O) groups is 1. The second-order valence-corrected chi connectivity index (χ2v) is 9.94. The number of carbonyl (C=O) groups excluding carboxylic acids is 1. The molecular formula is C25H27ClF3N3O3S. The van der Waals surface area contributed by atoms with E-state index in [1.807, 2.05) is 13.8 Å². The number of nitrogens with zero attached hydrogens (tertiary/aromatic N) is 1. The van der Waals surface area contributed by atoms with Crippen LogP contribution in [0.15, 0.2) is 46.1 Å². The first-order valence-corrected chi connectivity index (χ1v) is 12.6. The van der Waals surface area contributed by atoms with E-state index in [-0.39, 0.29) is 43.6 Å². The number of phenolic OH excluding ortho intramolecular Hbond substituents is 1. The van der Waals surface area contributed by atoms with E-state index in [9.17, 15) is 27.9 Å². The summed E-state index contributed by atoms with van der Waals surface area (Å²) in [7, 11) is 0. The Kier molecular flexibility index (Phi) is 8.97. The summed E-state index contributed by atoms with van der Waals surface area (Å²) in [4.78, 5) is 30.6. The molecule has 1 unspecified atom stereocenters. The number of phenols is 1. The average Bonchev–Trinajstić information content (AvgIpc) is 2.83. The number of aromatic amines is 1. The molecule has 1 heterocycles. The molecule has 1 aromatic heterocycles. The van der Waals surface area contributed by atoms with Gasteiger partial charge in [0.15, 0.2) is 0 Å². The van der Waals surface area contributed by atoms with Crippen molar-refractivity contribution < 1.29 is 23.1 Å². The number of hydrogen-bond donors (Lipinski definition) is 3. The summed E-state index contributed by atoms with van der Waals surface area (Å²) in [5.74, 6) is -0.584. The van der Waals surface area contributed by atoms with Crippen LogP contribution >= 0.6 is 23.4 Å². The number of thioether (sulfide) groups is 1. The third-order valence-corrected chi connectivity index (χ3v) is 7.24. The minimum absolute atomic E-state index is 0.00536. The molecular weight excluding hydrogens is 515 g/mol. The van der Waals surface area contributed by atoms with Gasteiger partial charge in [-0.2, -0.15) is 13.2 Å². The molecule has 1 amide bonds. The van der Waals surface area contributed by atoms with Crippen LogP contribution in [0.2, 0.25) is 5.02 Å². The van der Waals surface area contributed by atoms with Gasteiger partial charge in [0, 0.05) is 40.1 Å². The zero-order valence-electron chi connectivity index (χ0n) is 20.0. The predicted octanol–water partition coefficient (Wildman–Crippen LogP) is 5.51. The number of pyridine rings is 1. The van der Waals surface area contributed by atoms with Gasteiger partial charge in [0.2, 0.25) is 5.91 Å². The van der Waals surface area contributed by atoms with Crippen LogP contribution in [0.4, 0.5) is 13.2 Å². The minimum atomic E-state index is -4.62. The van der Waals surface area contributed by atoms with Gasteiger partial charge in [-0.1, -0.05) is 25.4 Å². The Morgan fingerprint density at radius 1 is 1.19 bits per heavy atom. The molecule has 6 nitrogen and oxygen atoms in total. The van der Waals surface area contributed by atoms with E-state index in [1.165, 1.54) is 24.3 Å². The van der Waals surface area contributed by atoms with E-state index >= 15 is 0 Å². The van der Waals surface area contributed by atoms with E-state index < -0.39 is 22.5 Å². The van der Waals surface area contributed by atoms with Crippen molar-refractivity contribution >= 4 is 40.2 Å². The molecule has 0 radical (unpaired) electrons. The average molecular weight is 542 g/mol. The van der Waals surface area contributed by atoms with Crippen molar-refractivity contribution in [2.75, 3.05) is 26.2 Å². The Morgan fingerprint density at radius 3 is 2.53 bits per heavy atom. The van der Waals surface area contributed by atoms with Crippen LogP contribution in [-0.2, 0) is 11.0 Å². The predicted molar refractivity (Wildman–Crippen MR) is 138 cm³/mol. The normalized spacial score (nSPS) is 12.8. The fraction of sp³-hybridized carbons (Fsp3) is 0.360. The van der Waals surface area contributed by atoms with Gasteiger partial charge in [-0.05, 0) is 56.4 Å². The Balaban J connectivity index is 2.09. The lowest BCUT2D eigenvalue weighted by Gasteiger charge is -2.20. The maximum atomic E-state index is 13.5. The summed E-state index contributed by atoms with van der Waals surface area (Å²) >= 11 is 7.03. The van der Waals surface area contributed by atoms with Crippen LogP contribution in [0.1, 0.15) is 26.3 Å². The standard InChI is InChI=1S/C25H27ClF3N3O3S/c1-4-32(5-2)11-10-30-23(34)14(3)36-22-21(18-13-16(26)7-9-20(18)33)17-12-15(25(27,28)29)6-8-19(17)31-24(22)35/h6-9,12-14,33H,4-5,10-11H2,1-3H3,(H,30,34)(H,31,35). The van der Waals surface area contributed by atoms with Crippen molar-refractivity contribution in [3.05, 3.63) is 57.3 Å². The van der Waals surface area contributed by atoms with Gasteiger partial charge in [-0.15, -0.1) is 11.8 Å². The highest BCUT2D eigenvalue weighted by Crippen LogP contribution is 2.42. The Hall–Kier alpha value is -2.69. The Morgan fingerprint density at radius 2 is 1.89 bits per heavy atom. The van der Waals surface area contributed by atoms with Gasteiger partial charge < -0.3 is 20.3 Å². The number of rotatable bonds is 9. The Bertz CT molecular complexity index is 1310. The Labute approximate surface area is 215 Å². The van der Waals surface area contributed by atoms with Gasteiger partial charge in [0.1, 0.15) is 5.75 Å². The van der Waals surface area contributed by atoms with Crippen LogP contribution in [0, 0.1) is 0 Å². The molecule has 0 aliphatic heterocycles. The molecule has 0 spiro atoms. The fourth-order valence-electron chi connectivity index (χ4n) is 3.79. The van der Waals surface area contributed by atoms with Crippen LogP contribution in [0.5, 0.6) is 5.75 Å². The lowest BCUT2D eigenvalue weighted by atomic mass is 9.98. The van der Waals surface area contributed by atoms with Crippen molar-refractivity contribution in [2.45, 2.75) is 37.1 Å². The largest absolute Gasteiger partial charge is 0.507 e. The van der Waals surface area contributed by atoms with Gasteiger partial charge in [-0.3, -0.25) is 9.59 Å². The van der Waals surface area contributed by atoms with Crippen LogP contribution in [0.25, 0.3) is 22.0 Å². The molecule has 3 aromatic rings. The number of H-pyrrole nitrogens is 1. The number of alkyl halides is 3. The summed E-state index contributed by atoms with van der Waals surface area (Å²) in [5, 5.41) is 12.9. The summed E-state index contributed by atoms with van der Waals surface area (Å²) in [6, 6.07) is 7.07. The number of benzene rings is 2. The number of halogens is 4. The highest BCUT2D eigenvalue weighted by molar-refractivity contribution is 8.00. The minimum Gasteiger partial charge on any atom is -0.507 e. The molecule has 194 valence electrons. The van der Waals surface area contributed by atoms with Crippen molar-refractivity contribution in [3.63, 3.8) is 0 Å². The molecule has 0 aliphatic rings. The lowest BCUT2D eigenvalue weighted by Crippen LogP contribution is -2.38. The number of aromatic hydroxyl groups is 1. The monoisotopic (exact) mass is 541 g/mol. The molecule has 3 N–H and O–H groups in total. The van der Waals surface area contributed by atoms with E-state index in [0.717, 1.165) is 37.0 Å². The number of amides is 1. The summed E-state index contributed by atoms with van der Waals surface area (Å²) in [6.45, 7) is 8.41. The summed E-state index contributed by atoms with van der Waals surface area (Å²) < 4.78 is 40.5. The zero-order valence-corrected chi connectivity index (χ0v) is 21.6. The molecule has 11 heteroatoms. The van der Waals surface area contributed by atoms with Gasteiger partial charge >= 0.3 is 6.18 Å². The van der Waals surface area contributed by atoms with Gasteiger partial charge in [-0.25, -0.2) is 0 Å². The fourth-order valence-corrected chi connectivity index (χ4v) is 5.00. The molecule has 0 bridgehead atoms. The second-order valence-electron chi connectivity index (χ2n) is 8.16. The SMILES string of the molecule is CCN(CC)CCNC(=O)C(C)Sc1c(-c2cc(Cl)ccc2O)c2cc(C(F)(F)F)ccc2[nH]c1=O. The maximum Gasteiger partial charge on any atom is 0.416 e. The quantitative estimate of drug-likeness (QED) is 0.311.